The van der Waals surface area contributed by atoms with E-state index in [-0.39, 0.29) is 0 Å². The minimum atomic E-state index is 0.824. The summed E-state index contributed by atoms with van der Waals surface area (Å²) in [6, 6.07) is 2.01. The molecule has 0 spiro atoms. The Bertz CT molecular complexity index is 399. The molecule has 2 rings (SSSR count). The Kier molecular flexibility index (Phi) is 6.09. The van der Waals surface area contributed by atoms with Gasteiger partial charge in [-0.05, 0) is 32.1 Å². The zero-order valence-electron chi connectivity index (χ0n) is 12.9. The Morgan fingerprint density at radius 3 is 2.40 bits per heavy atom. The van der Waals surface area contributed by atoms with Gasteiger partial charge in [-0.25, -0.2) is 9.97 Å². The molecule has 1 aliphatic carbocycles. The maximum atomic E-state index is 4.45. The molecule has 1 fully saturated rings. The third-order valence-electron chi connectivity index (χ3n) is 3.96. The lowest BCUT2D eigenvalue weighted by molar-refractivity contribution is 0.491. The molecular formula is C16H28N4. The fourth-order valence-corrected chi connectivity index (χ4v) is 2.91. The molecule has 1 aliphatic rings. The lowest BCUT2D eigenvalue weighted by Crippen LogP contribution is -2.09. The Hall–Kier alpha value is -1.32. The van der Waals surface area contributed by atoms with Crippen LogP contribution in [0.15, 0.2) is 6.07 Å². The Morgan fingerprint density at radius 1 is 1.10 bits per heavy atom. The molecule has 1 aromatic rings. The van der Waals surface area contributed by atoms with E-state index < -0.39 is 0 Å². The minimum Gasteiger partial charge on any atom is -0.370 e. The molecule has 4 heteroatoms. The lowest BCUT2D eigenvalue weighted by Gasteiger charge is -2.11. The number of rotatable bonds is 8. The topological polar surface area (TPSA) is 49.8 Å². The molecule has 0 aromatic carbocycles. The summed E-state index contributed by atoms with van der Waals surface area (Å²) in [6.07, 6.45) is 9.47. The van der Waals surface area contributed by atoms with E-state index in [0.29, 0.717) is 0 Å². The summed E-state index contributed by atoms with van der Waals surface area (Å²) in [4.78, 5) is 8.85. The van der Waals surface area contributed by atoms with Gasteiger partial charge in [0.1, 0.15) is 17.5 Å². The van der Waals surface area contributed by atoms with Crippen LogP contribution in [0.4, 0.5) is 11.6 Å². The smallest absolute Gasteiger partial charge is 0.131 e. The van der Waals surface area contributed by atoms with Crippen molar-refractivity contribution in [3.8, 4) is 0 Å². The van der Waals surface area contributed by atoms with Crippen LogP contribution in [-0.4, -0.2) is 23.1 Å². The van der Waals surface area contributed by atoms with Gasteiger partial charge in [-0.1, -0.05) is 32.6 Å². The van der Waals surface area contributed by atoms with Gasteiger partial charge in [0.25, 0.3) is 0 Å². The summed E-state index contributed by atoms with van der Waals surface area (Å²) in [5, 5.41) is 6.75. The molecule has 0 radical (unpaired) electrons. The van der Waals surface area contributed by atoms with Crippen LogP contribution in [0.25, 0.3) is 0 Å². The predicted molar refractivity (Wildman–Crippen MR) is 85.2 cm³/mol. The third kappa shape index (κ3) is 4.99. The highest BCUT2D eigenvalue weighted by atomic mass is 15.1. The molecule has 1 saturated carbocycles. The van der Waals surface area contributed by atoms with Gasteiger partial charge < -0.3 is 10.6 Å². The van der Waals surface area contributed by atoms with E-state index in [9.17, 15) is 0 Å². The average Bonchev–Trinajstić information content (AvgIpc) is 2.94. The number of aromatic nitrogens is 2. The summed E-state index contributed by atoms with van der Waals surface area (Å²) in [5.74, 6) is 3.68. The molecule has 0 unspecified atom stereocenters. The van der Waals surface area contributed by atoms with Crippen molar-refractivity contribution in [2.24, 2.45) is 5.92 Å². The summed E-state index contributed by atoms with van der Waals surface area (Å²) >= 11 is 0. The van der Waals surface area contributed by atoms with Crippen molar-refractivity contribution in [3.05, 3.63) is 11.9 Å². The molecule has 2 N–H and O–H groups in total. The highest BCUT2D eigenvalue weighted by Gasteiger charge is 2.13. The molecule has 4 nitrogen and oxygen atoms in total. The fraction of sp³-hybridized carbons (Fsp3) is 0.750. The van der Waals surface area contributed by atoms with E-state index >= 15 is 0 Å². The first kappa shape index (κ1) is 15.1. The van der Waals surface area contributed by atoms with Crippen LogP contribution >= 0.6 is 0 Å². The van der Waals surface area contributed by atoms with Crippen molar-refractivity contribution in [3.63, 3.8) is 0 Å². The number of anilines is 2. The number of aryl methyl sites for hydroxylation is 1. The van der Waals surface area contributed by atoms with E-state index in [2.05, 4.69) is 27.5 Å². The van der Waals surface area contributed by atoms with Crippen molar-refractivity contribution in [1.82, 2.24) is 9.97 Å². The second-order valence-electron chi connectivity index (χ2n) is 5.83. The monoisotopic (exact) mass is 276 g/mol. The maximum absolute atomic E-state index is 4.45. The van der Waals surface area contributed by atoms with Gasteiger partial charge >= 0.3 is 0 Å². The molecule has 0 saturated heterocycles. The first-order valence-corrected chi connectivity index (χ1v) is 8.11. The summed E-state index contributed by atoms with van der Waals surface area (Å²) in [6.45, 7) is 6.07. The molecule has 112 valence electrons. The highest BCUT2D eigenvalue weighted by Crippen LogP contribution is 2.28. The summed E-state index contributed by atoms with van der Waals surface area (Å²) in [7, 11) is 0. The fourth-order valence-electron chi connectivity index (χ4n) is 2.91. The predicted octanol–water partition coefficient (Wildman–Crippen LogP) is 3.99. The van der Waals surface area contributed by atoms with Crippen LogP contribution in [0.5, 0.6) is 0 Å². The van der Waals surface area contributed by atoms with Crippen LogP contribution in [0.1, 0.15) is 57.7 Å². The lowest BCUT2D eigenvalue weighted by atomic mass is 10.0. The molecule has 20 heavy (non-hydrogen) atoms. The van der Waals surface area contributed by atoms with Crippen LogP contribution < -0.4 is 10.6 Å². The van der Waals surface area contributed by atoms with Crippen LogP contribution in [0.2, 0.25) is 0 Å². The zero-order chi connectivity index (χ0) is 14.2. The van der Waals surface area contributed by atoms with Crippen molar-refractivity contribution in [2.45, 2.75) is 58.8 Å². The van der Waals surface area contributed by atoms with Gasteiger partial charge in [0.15, 0.2) is 0 Å². The van der Waals surface area contributed by atoms with Crippen molar-refractivity contribution in [2.75, 3.05) is 23.7 Å². The number of nitrogens with zero attached hydrogens (tertiary/aromatic N) is 2. The van der Waals surface area contributed by atoms with Crippen LogP contribution in [-0.2, 0) is 0 Å². The van der Waals surface area contributed by atoms with E-state index in [1.807, 2.05) is 13.0 Å². The molecular weight excluding hydrogens is 248 g/mol. The molecule has 0 bridgehead atoms. The normalized spacial score (nSPS) is 15.5. The van der Waals surface area contributed by atoms with E-state index in [4.69, 9.17) is 0 Å². The molecule has 0 amide bonds. The van der Waals surface area contributed by atoms with Crippen LogP contribution in [0.3, 0.4) is 0 Å². The average molecular weight is 276 g/mol. The largest absolute Gasteiger partial charge is 0.370 e. The summed E-state index contributed by atoms with van der Waals surface area (Å²) in [5.41, 5.74) is 0. The first-order valence-electron chi connectivity index (χ1n) is 8.11. The highest BCUT2D eigenvalue weighted by molar-refractivity contribution is 5.47. The van der Waals surface area contributed by atoms with Crippen molar-refractivity contribution < 1.29 is 0 Å². The molecule has 0 aliphatic heterocycles. The first-order chi connectivity index (χ1) is 9.78. The second-order valence-corrected chi connectivity index (χ2v) is 5.83. The minimum absolute atomic E-state index is 0.824. The Balaban J connectivity index is 1.74. The maximum Gasteiger partial charge on any atom is 0.131 e. The van der Waals surface area contributed by atoms with E-state index in [1.54, 1.807) is 0 Å². The molecule has 1 aromatic heterocycles. The van der Waals surface area contributed by atoms with E-state index in [1.165, 1.54) is 38.5 Å². The standard InChI is InChI=1S/C16H28N4/c1-3-10-17-15-12-16(20-13(2)19-15)18-11-6-9-14-7-4-5-8-14/h12,14H,3-11H2,1-2H3,(H2,17,18,19,20). The zero-order valence-corrected chi connectivity index (χ0v) is 12.9. The van der Waals surface area contributed by atoms with Gasteiger partial charge in [-0.2, -0.15) is 0 Å². The molecule has 0 atom stereocenters. The van der Waals surface area contributed by atoms with E-state index in [0.717, 1.165) is 42.9 Å². The Labute approximate surface area is 122 Å². The van der Waals surface area contributed by atoms with Crippen LogP contribution in [0, 0.1) is 12.8 Å². The third-order valence-corrected chi connectivity index (χ3v) is 3.96. The van der Waals surface area contributed by atoms with Gasteiger partial charge in [0.05, 0.1) is 0 Å². The van der Waals surface area contributed by atoms with Gasteiger partial charge in [0, 0.05) is 19.2 Å². The van der Waals surface area contributed by atoms with Crippen molar-refractivity contribution in [1.29, 1.82) is 0 Å². The van der Waals surface area contributed by atoms with Gasteiger partial charge in [0.2, 0.25) is 0 Å². The molecule has 1 heterocycles. The second kappa shape index (κ2) is 8.08. The van der Waals surface area contributed by atoms with Gasteiger partial charge in [-0.3, -0.25) is 0 Å². The SMILES string of the molecule is CCCNc1cc(NCCCC2CCCC2)nc(C)n1. The summed E-state index contributed by atoms with van der Waals surface area (Å²) < 4.78 is 0. The van der Waals surface area contributed by atoms with Crippen molar-refractivity contribution >= 4 is 11.6 Å². The Morgan fingerprint density at radius 2 is 1.75 bits per heavy atom. The quantitative estimate of drug-likeness (QED) is 0.705. The van der Waals surface area contributed by atoms with Gasteiger partial charge in [-0.15, -0.1) is 0 Å². The number of hydrogen-bond acceptors (Lipinski definition) is 4. The number of hydrogen-bond donors (Lipinski definition) is 2. The number of nitrogens with one attached hydrogen (secondary N) is 2.